The minimum atomic E-state index is -0.350. The van der Waals surface area contributed by atoms with Crippen LogP contribution < -0.4 is 10.1 Å². The summed E-state index contributed by atoms with van der Waals surface area (Å²) < 4.78 is 10.5. The highest BCUT2D eigenvalue weighted by Gasteiger charge is 2.15. The van der Waals surface area contributed by atoms with Gasteiger partial charge in [-0.1, -0.05) is 18.2 Å². The molecule has 0 spiro atoms. The highest BCUT2D eigenvalue weighted by molar-refractivity contribution is 7.18. The molecule has 0 saturated heterocycles. The second-order valence-corrected chi connectivity index (χ2v) is 6.21. The zero-order chi connectivity index (χ0) is 17.4. The number of esters is 1. The van der Waals surface area contributed by atoms with Crippen LogP contribution in [0.2, 0.25) is 0 Å². The van der Waals surface area contributed by atoms with Crippen LogP contribution in [-0.4, -0.2) is 25.1 Å². The molecule has 0 aliphatic carbocycles. The summed E-state index contributed by atoms with van der Waals surface area (Å²) in [6.45, 7) is 4.40. The van der Waals surface area contributed by atoms with Crippen molar-refractivity contribution in [3.8, 4) is 5.75 Å². The molecule has 128 valence electrons. The topological polar surface area (TPSA) is 64.6 Å². The van der Waals surface area contributed by atoms with E-state index in [9.17, 15) is 9.59 Å². The van der Waals surface area contributed by atoms with Crippen molar-refractivity contribution in [1.82, 2.24) is 0 Å². The molecule has 0 atom stereocenters. The van der Waals surface area contributed by atoms with E-state index in [1.807, 2.05) is 37.3 Å². The van der Waals surface area contributed by atoms with E-state index in [0.717, 1.165) is 11.3 Å². The molecule has 1 aromatic heterocycles. The van der Waals surface area contributed by atoms with Crippen molar-refractivity contribution < 1.29 is 19.1 Å². The van der Waals surface area contributed by atoms with Gasteiger partial charge >= 0.3 is 5.97 Å². The van der Waals surface area contributed by atoms with E-state index in [0.29, 0.717) is 35.9 Å². The quantitative estimate of drug-likeness (QED) is 0.578. The molecule has 2 aromatic rings. The van der Waals surface area contributed by atoms with Crippen LogP contribution in [0.4, 0.5) is 5.00 Å². The largest absolute Gasteiger partial charge is 0.494 e. The predicted molar refractivity (Wildman–Crippen MR) is 94.8 cm³/mol. The van der Waals surface area contributed by atoms with Crippen LogP contribution in [-0.2, 0) is 9.53 Å². The molecule has 2 rings (SSSR count). The highest BCUT2D eigenvalue weighted by atomic mass is 32.1. The zero-order valence-electron chi connectivity index (χ0n) is 13.8. The van der Waals surface area contributed by atoms with Crippen LogP contribution in [0, 0.1) is 6.92 Å². The average molecular weight is 347 g/mol. The van der Waals surface area contributed by atoms with Crippen molar-refractivity contribution in [1.29, 1.82) is 0 Å². The lowest BCUT2D eigenvalue weighted by atomic mass is 10.3. The number of ether oxygens (including phenoxy) is 2. The molecule has 6 heteroatoms. The number of amides is 1. The van der Waals surface area contributed by atoms with Gasteiger partial charge in [-0.05, 0) is 44.0 Å². The summed E-state index contributed by atoms with van der Waals surface area (Å²) in [5, 5.41) is 3.47. The number of hydrogen-bond donors (Lipinski definition) is 1. The molecule has 0 bridgehead atoms. The highest BCUT2D eigenvalue weighted by Crippen LogP contribution is 2.27. The summed E-state index contributed by atoms with van der Waals surface area (Å²) >= 11 is 1.23. The van der Waals surface area contributed by atoms with Gasteiger partial charge in [-0.3, -0.25) is 4.79 Å². The molecule has 1 amide bonds. The molecule has 0 unspecified atom stereocenters. The molecule has 1 aromatic carbocycles. The fourth-order valence-electron chi connectivity index (χ4n) is 2.08. The Balaban J connectivity index is 1.76. The van der Waals surface area contributed by atoms with Crippen LogP contribution in [0.5, 0.6) is 5.75 Å². The molecule has 24 heavy (non-hydrogen) atoms. The molecule has 0 saturated carbocycles. The molecule has 0 radical (unpaired) electrons. The van der Waals surface area contributed by atoms with E-state index in [-0.39, 0.29) is 11.9 Å². The van der Waals surface area contributed by atoms with E-state index in [1.165, 1.54) is 11.3 Å². The lowest BCUT2D eigenvalue weighted by Crippen LogP contribution is -2.11. The first kappa shape index (κ1) is 18.0. The number of benzene rings is 1. The van der Waals surface area contributed by atoms with Crippen LogP contribution in [0.1, 0.15) is 35.0 Å². The summed E-state index contributed by atoms with van der Waals surface area (Å²) in [6.07, 6.45) is 0.980. The van der Waals surface area contributed by atoms with Crippen molar-refractivity contribution in [2.75, 3.05) is 18.5 Å². The maximum Gasteiger partial charge on any atom is 0.348 e. The minimum Gasteiger partial charge on any atom is -0.494 e. The van der Waals surface area contributed by atoms with Gasteiger partial charge < -0.3 is 14.8 Å². The maximum atomic E-state index is 12.0. The fraction of sp³-hybridized carbons (Fsp3) is 0.333. The van der Waals surface area contributed by atoms with Gasteiger partial charge in [0.2, 0.25) is 5.91 Å². The SMILES string of the molecule is CCOC(=O)c1sc(NC(=O)CCCOc2ccccc2)cc1C. The second-order valence-electron chi connectivity index (χ2n) is 5.16. The van der Waals surface area contributed by atoms with Crippen molar-refractivity contribution in [2.45, 2.75) is 26.7 Å². The standard InChI is InChI=1S/C18H21NO4S/c1-3-22-18(21)17-13(2)12-16(24-17)19-15(20)10-7-11-23-14-8-5-4-6-9-14/h4-6,8-9,12H,3,7,10-11H2,1-2H3,(H,19,20). The van der Waals surface area contributed by atoms with E-state index in [2.05, 4.69) is 5.32 Å². The van der Waals surface area contributed by atoms with Gasteiger partial charge in [0.25, 0.3) is 0 Å². The monoisotopic (exact) mass is 347 g/mol. The third-order valence-electron chi connectivity index (χ3n) is 3.20. The van der Waals surface area contributed by atoms with E-state index in [4.69, 9.17) is 9.47 Å². The summed E-state index contributed by atoms with van der Waals surface area (Å²) in [6, 6.07) is 11.3. The Morgan fingerprint density at radius 3 is 2.67 bits per heavy atom. The number of aryl methyl sites for hydroxylation is 1. The van der Waals surface area contributed by atoms with E-state index in [1.54, 1.807) is 13.0 Å². The predicted octanol–water partition coefficient (Wildman–Crippen LogP) is 4.03. The number of para-hydroxylation sites is 1. The van der Waals surface area contributed by atoms with E-state index >= 15 is 0 Å². The van der Waals surface area contributed by atoms with Crippen molar-refractivity contribution in [2.24, 2.45) is 0 Å². The molecule has 0 fully saturated rings. The minimum absolute atomic E-state index is 0.0941. The van der Waals surface area contributed by atoms with Gasteiger partial charge in [0.15, 0.2) is 0 Å². The molecule has 0 aliphatic rings. The lowest BCUT2D eigenvalue weighted by Gasteiger charge is -2.05. The number of nitrogens with one attached hydrogen (secondary N) is 1. The second kappa shape index (κ2) is 9.08. The number of rotatable bonds is 8. The summed E-state index contributed by atoms with van der Waals surface area (Å²) in [7, 11) is 0. The Bertz CT molecular complexity index is 682. The Hall–Kier alpha value is -2.34. The maximum absolute atomic E-state index is 12.0. The summed E-state index contributed by atoms with van der Waals surface area (Å²) in [5.74, 6) is 0.353. The van der Waals surface area contributed by atoms with Crippen LogP contribution in [0.15, 0.2) is 36.4 Å². The normalized spacial score (nSPS) is 10.2. The molecular weight excluding hydrogens is 326 g/mol. The summed E-state index contributed by atoms with van der Waals surface area (Å²) in [5.41, 5.74) is 0.807. The van der Waals surface area contributed by atoms with Crippen LogP contribution >= 0.6 is 11.3 Å². The Morgan fingerprint density at radius 2 is 1.96 bits per heavy atom. The van der Waals surface area contributed by atoms with Crippen LogP contribution in [0.25, 0.3) is 0 Å². The van der Waals surface area contributed by atoms with E-state index < -0.39 is 0 Å². The average Bonchev–Trinajstić information content (AvgIpc) is 2.93. The summed E-state index contributed by atoms with van der Waals surface area (Å²) in [4.78, 5) is 24.3. The molecule has 1 heterocycles. The first-order valence-corrected chi connectivity index (χ1v) is 8.67. The fourth-order valence-corrected chi connectivity index (χ4v) is 3.07. The number of anilines is 1. The van der Waals surface area contributed by atoms with Crippen molar-refractivity contribution in [3.05, 3.63) is 46.8 Å². The van der Waals surface area contributed by atoms with Crippen molar-refractivity contribution in [3.63, 3.8) is 0 Å². The Kier molecular flexibility index (Phi) is 6.81. The van der Waals surface area contributed by atoms with Gasteiger partial charge in [0.05, 0.1) is 18.2 Å². The van der Waals surface area contributed by atoms with Crippen LogP contribution in [0.3, 0.4) is 0 Å². The number of carbonyl (C=O) groups is 2. The third kappa shape index (κ3) is 5.38. The van der Waals surface area contributed by atoms with Gasteiger partial charge in [-0.25, -0.2) is 4.79 Å². The van der Waals surface area contributed by atoms with Crippen molar-refractivity contribution >= 4 is 28.2 Å². The smallest absolute Gasteiger partial charge is 0.348 e. The Morgan fingerprint density at radius 1 is 1.21 bits per heavy atom. The van der Waals surface area contributed by atoms with Gasteiger partial charge in [0.1, 0.15) is 10.6 Å². The zero-order valence-corrected chi connectivity index (χ0v) is 14.7. The number of carbonyl (C=O) groups excluding carboxylic acids is 2. The first-order chi connectivity index (χ1) is 11.6. The first-order valence-electron chi connectivity index (χ1n) is 7.85. The molecular formula is C18H21NO4S. The van der Waals surface area contributed by atoms with Gasteiger partial charge in [-0.15, -0.1) is 11.3 Å². The lowest BCUT2D eigenvalue weighted by molar-refractivity contribution is -0.116. The number of thiophene rings is 1. The third-order valence-corrected chi connectivity index (χ3v) is 4.33. The Labute approximate surface area is 145 Å². The molecule has 0 aliphatic heterocycles. The van der Waals surface area contributed by atoms with Gasteiger partial charge in [-0.2, -0.15) is 0 Å². The van der Waals surface area contributed by atoms with Gasteiger partial charge in [0, 0.05) is 6.42 Å². The molecule has 5 nitrogen and oxygen atoms in total. The number of hydrogen-bond acceptors (Lipinski definition) is 5. The molecule has 1 N–H and O–H groups in total.